The average molecular weight is 365 g/mol. The Balaban J connectivity index is 1.73. The molecule has 0 unspecified atom stereocenters. The van der Waals surface area contributed by atoms with Crippen molar-refractivity contribution in [2.45, 2.75) is 6.92 Å². The largest absolute Gasteiger partial charge is 0.322 e. The number of thiazole rings is 1. The van der Waals surface area contributed by atoms with Crippen LogP contribution >= 0.6 is 11.3 Å². The summed E-state index contributed by atoms with van der Waals surface area (Å²) in [5.74, 6) is -0.289. The van der Waals surface area contributed by atoms with E-state index in [1.165, 1.54) is 18.2 Å². The Kier molecular flexibility index (Phi) is 5.19. The summed E-state index contributed by atoms with van der Waals surface area (Å²) in [5.41, 5.74) is 3.07. The van der Waals surface area contributed by atoms with Gasteiger partial charge in [0.2, 0.25) is 5.91 Å². The molecule has 2 aromatic carbocycles. The van der Waals surface area contributed by atoms with E-state index in [1.807, 2.05) is 36.6 Å². The smallest absolute Gasteiger partial charge is 0.269 e. The molecule has 0 fully saturated rings. The van der Waals surface area contributed by atoms with Gasteiger partial charge in [-0.3, -0.25) is 14.9 Å². The highest BCUT2D eigenvalue weighted by Gasteiger charge is 2.09. The molecule has 1 N–H and O–H groups in total. The summed E-state index contributed by atoms with van der Waals surface area (Å²) in [6, 6.07) is 13.5. The molecule has 0 saturated heterocycles. The SMILES string of the molecule is Cc1nc(-c2ccccc2NC(=O)/C=C/c2ccc([N+](=O)[O-])cc2)cs1. The molecule has 0 aliphatic carbocycles. The Bertz CT molecular complexity index is 978. The summed E-state index contributed by atoms with van der Waals surface area (Å²) in [4.78, 5) is 26.9. The minimum absolute atomic E-state index is 0.0130. The molecule has 0 atom stereocenters. The number of carbonyl (C=O) groups excluding carboxylic acids is 1. The number of non-ortho nitro benzene ring substituents is 1. The molecule has 7 heteroatoms. The van der Waals surface area contributed by atoms with Gasteiger partial charge in [-0.05, 0) is 36.8 Å². The second-order valence-corrected chi connectivity index (χ2v) is 6.53. The summed E-state index contributed by atoms with van der Waals surface area (Å²) in [5, 5.41) is 16.4. The highest BCUT2D eigenvalue weighted by Crippen LogP contribution is 2.28. The number of nitro benzene ring substituents is 1. The third-order valence-corrected chi connectivity index (χ3v) is 4.38. The fraction of sp³-hybridized carbons (Fsp3) is 0.0526. The van der Waals surface area contributed by atoms with Crippen LogP contribution in [0.5, 0.6) is 0 Å². The molecular weight excluding hydrogens is 350 g/mol. The van der Waals surface area contributed by atoms with Crippen LogP contribution in [-0.4, -0.2) is 15.8 Å². The maximum Gasteiger partial charge on any atom is 0.269 e. The van der Waals surface area contributed by atoms with Gasteiger partial charge in [0.1, 0.15) is 0 Å². The number of aromatic nitrogens is 1. The molecule has 130 valence electrons. The van der Waals surface area contributed by atoms with Crippen molar-refractivity contribution in [3.8, 4) is 11.3 Å². The number of benzene rings is 2. The first-order valence-electron chi connectivity index (χ1n) is 7.78. The van der Waals surface area contributed by atoms with Gasteiger partial charge in [0.25, 0.3) is 5.69 Å². The average Bonchev–Trinajstić information content (AvgIpc) is 3.07. The molecule has 6 nitrogen and oxygen atoms in total. The Hall–Kier alpha value is -3.32. The topological polar surface area (TPSA) is 85.1 Å². The summed E-state index contributed by atoms with van der Waals surface area (Å²) in [6.45, 7) is 1.93. The number of para-hydroxylation sites is 1. The van der Waals surface area contributed by atoms with Crippen LogP contribution in [0.4, 0.5) is 11.4 Å². The van der Waals surface area contributed by atoms with Crippen molar-refractivity contribution in [2.24, 2.45) is 0 Å². The van der Waals surface area contributed by atoms with Crippen LogP contribution < -0.4 is 5.32 Å². The van der Waals surface area contributed by atoms with Crippen molar-refractivity contribution >= 4 is 34.7 Å². The fourth-order valence-electron chi connectivity index (χ4n) is 2.36. The zero-order valence-electron chi connectivity index (χ0n) is 13.9. The predicted octanol–water partition coefficient (Wildman–Crippen LogP) is 4.68. The number of nitro groups is 1. The van der Waals surface area contributed by atoms with Crippen LogP contribution in [0.1, 0.15) is 10.6 Å². The molecule has 0 spiro atoms. The van der Waals surface area contributed by atoms with E-state index in [9.17, 15) is 14.9 Å². The normalized spacial score (nSPS) is 10.8. The van der Waals surface area contributed by atoms with Crippen LogP contribution in [0.15, 0.2) is 60.0 Å². The van der Waals surface area contributed by atoms with Crippen molar-refractivity contribution < 1.29 is 9.72 Å². The van der Waals surface area contributed by atoms with Crippen molar-refractivity contribution in [3.63, 3.8) is 0 Å². The number of carbonyl (C=O) groups is 1. The number of nitrogens with zero attached hydrogens (tertiary/aromatic N) is 2. The number of nitrogens with one attached hydrogen (secondary N) is 1. The van der Waals surface area contributed by atoms with Gasteiger partial charge in [0.05, 0.1) is 21.3 Å². The number of hydrogen-bond acceptors (Lipinski definition) is 5. The molecule has 0 aliphatic rings. The Morgan fingerprint density at radius 3 is 2.58 bits per heavy atom. The van der Waals surface area contributed by atoms with Crippen molar-refractivity contribution in [1.29, 1.82) is 0 Å². The molecule has 3 rings (SSSR count). The molecular formula is C19H15N3O3S. The van der Waals surface area contributed by atoms with Crippen molar-refractivity contribution in [2.75, 3.05) is 5.32 Å². The van der Waals surface area contributed by atoms with Gasteiger partial charge in [-0.15, -0.1) is 11.3 Å². The van der Waals surface area contributed by atoms with Gasteiger partial charge in [-0.2, -0.15) is 0 Å². The molecule has 1 amide bonds. The van der Waals surface area contributed by atoms with Gasteiger partial charge in [-0.25, -0.2) is 4.98 Å². The van der Waals surface area contributed by atoms with Crippen LogP contribution in [0, 0.1) is 17.0 Å². The minimum Gasteiger partial charge on any atom is -0.322 e. The Morgan fingerprint density at radius 1 is 1.19 bits per heavy atom. The lowest BCUT2D eigenvalue weighted by Gasteiger charge is -2.07. The summed E-state index contributed by atoms with van der Waals surface area (Å²) < 4.78 is 0. The van der Waals surface area contributed by atoms with Gasteiger partial charge in [0.15, 0.2) is 0 Å². The van der Waals surface area contributed by atoms with Gasteiger partial charge < -0.3 is 5.32 Å². The number of aryl methyl sites for hydroxylation is 1. The minimum atomic E-state index is -0.461. The predicted molar refractivity (Wildman–Crippen MR) is 103 cm³/mol. The van der Waals surface area contributed by atoms with Crippen LogP contribution in [0.3, 0.4) is 0 Å². The van der Waals surface area contributed by atoms with E-state index in [1.54, 1.807) is 29.5 Å². The maximum atomic E-state index is 12.2. The Morgan fingerprint density at radius 2 is 1.92 bits per heavy atom. The third kappa shape index (κ3) is 4.20. The lowest BCUT2D eigenvalue weighted by atomic mass is 10.1. The quantitative estimate of drug-likeness (QED) is 0.404. The maximum absolute atomic E-state index is 12.2. The van der Waals surface area contributed by atoms with E-state index in [0.717, 1.165) is 16.3 Å². The van der Waals surface area contributed by atoms with Gasteiger partial charge >= 0.3 is 0 Å². The molecule has 26 heavy (non-hydrogen) atoms. The molecule has 0 radical (unpaired) electrons. The number of anilines is 1. The molecule has 0 saturated carbocycles. The van der Waals surface area contributed by atoms with Crippen LogP contribution in [0.25, 0.3) is 17.3 Å². The highest BCUT2D eigenvalue weighted by molar-refractivity contribution is 7.09. The molecule has 1 aromatic heterocycles. The number of rotatable bonds is 5. The summed E-state index contributed by atoms with van der Waals surface area (Å²) >= 11 is 1.55. The molecule has 1 heterocycles. The molecule has 3 aromatic rings. The monoisotopic (exact) mass is 365 g/mol. The fourth-order valence-corrected chi connectivity index (χ4v) is 2.97. The first-order valence-corrected chi connectivity index (χ1v) is 8.66. The first kappa shape index (κ1) is 17.5. The van der Waals surface area contributed by atoms with Gasteiger partial charge in [-0.1, -0.05) is 18.2 Å². The lowest BCUT2D eigenvalue weighted by molar-refractivity contribution is -0.384. The zero-order chi connectivity index (χ0) is 18.5. The van der Waals surface area contributed by atoms with Crippen LogP contribution in [0.2, 0.25) is 0 Å². The second kappa shape index (κ2) is 7.71. The van der Waals surface area contributed by atoms with E-state index in [-0.39, 0.29) is 11.6 Å². The van der Waals surface area contributed by atoms with Crippen LogP contribution in [-0.2, 0) is 4.79 Å². The number of hydrogen-bond donors (Lipinski definition) is 1. The highest BCUT2D eigenvalue weighted by atomic mass is 32.1. The van der Waals surface area contributed by atoms with Gasteiger partial charge in [0, 0.05) is 29.2 Å². The second-order valence-electron chi connectivity index (χ2n) is 5.47. The van der Waals surface area contributed by atoms with E-state index in [0.29, 0.717) is 11.3 Å². The van der Waals surface area contributed by atoms with E-state index in [4.69, 9.17) is 0 Å². The van der Waals surface area contributed by atoms with E-state index >= 15 is 0 Å². The van der Waals surface area contributed by atoms with Crippen molar-refractivity contribution in [1.82, 2.24) is 4.98 Å². The number of amides is 1. The van der Waals surface area contributed by atoms with Crippen molar-refractivity contribution in [3.05, 3.63) is 80.7 Å². The third-order valence-electron chi connectivity index (χ3n) is 3.61. The molecule has 0 aliphatic heterocycles. The Labute approximate surface area is 154 Å². The summed E-state index contributed by atoms with van der Waals surface area (Å²) in [6.07, 6.45) is 3.00. The summed E-state index contributed by atoms with van der Waals surface area (Å²) in [7, 11) is 0. The first-order chi connectivity index (χ1) is 12.5. The molecule has 0 bridgehead atoms. The van der Waals surface area contributed by atoms with E-state index < -0.39 is 4.92 Å². The standard InChI is InChI=1S/C19H15N3O3S/c1-13-20-18(12-26-13)16-4-2-3-5-17(16)21-19(23)11-8-14-6-9-15(10-7-14)22(24)25/h2-12H,1H3,(H,21,23)/b11-8+. The van der Waals surface area contributed by atoms with E-state index in [2.05, 4.69) is 10.3 Å². The lowest BCUT2D eigenvalue weighted by Crippen LogP contribution is -2.08. The zero-order valence-corrected chi connectivity index (χ0v) is 14.7.